The summed E-state index contributed by atoms with van der Waals surface area (Å²) in [6.45, 7) is 0.368. The second-order valence-electron chi connectivity index (χ2n) is 9.09. The lowest BCUT2D eigenvalue weighted by Crippen LogP contribution is -2.13. The van der Waals surface area contributed by atoms with Crippen LogP contribution in [0.3, 0.4) is 0 Å². The maximum absolute atomic E-state index is 13.9. The normalized spacial score (nSPS) is 18.4. The summed E-state index contributed by atoms with van der Waals surface area (Å²) < 4.78 is 71.6. The first kappa shape index (κ1) is 24.2. The summed E-state index contributed by atoms with van der Waals surface area (Å²) in [4.78, 5) is 11.6. The molecular weight excluding hydrogens is 476 g/mol. The molecule has 0 spiro atoms. The molecule has 188 valence electrons. The van der Waals surface area contributed by atoms with Crippen molar-refractivity contribution in [1.29, 1.82) is 0 Å². The van der Waals surface area contributed by atoms with Crippen LogP contribution in [0.1, 0.15) is 58.2 Å². The highest BCUT2D eigenvalue weighted by Gasteiger charge is 2.37. The van der Waals surface area contributed by atoms with Gasteiger partial charge in [0.05, 0.1) is 25.7 Å². The van der Waals surface area contributed by atoms with Crippen LogP contribution in [-0.4, -0.2) is 19.7 Å². The van der Waals surface area contributed by atoms with Crippen molar-refractivity contribution in [1.82, 2.24) is 0 Å². The first-order valence-electron chi connectivity index (χ1n) is 11.7. The fourth-order valence-electron chi connectivity index (χ4n) is 5.08. The predicted octanol–water partition coefficient (Wildman–Crippen LogP) is 6.54. The lowest BCUT2D eigenvalue weighted by atomic mass is 9.92. The molecule has 0 N–H and O–H groups in total. The standard InChI is InChI=1S/C28H24F4O4/c1-34-27(33)13-17-15-35-26-14-19(6-7-20(17)26)36-25-11-9-21-22(25)8-10-24(28(30,31)32)23(21)12-16-2-4-18(29)5-3-16/h2-8,10,14,17,25H,9,11-13,15H2,1H3. The second kappa shape index (κ2) is 9.48. The van der Waals surface area contributed by atoms with Gasteiger partial charge in [-0.1, -0.05) is 24.3 Å². The molecule has 2 aliphatic rings. The molecule has 1 aliphatic heterocycles. The van der Waals surface area contributed by atoms with Crippen LogP contribution in [0.4, 0.5) is 17.6 Å². The van der Waals surface area contributed by atoms with E-state index >= 15 is 0 Å². The molecule has 3 aromatic carbocycles. The average molecular weight is 500 g/mol. The molecule has 5 rings (SSSR count). The van der Waals surface area contributed by atoms with Crippen molar-refractivity contribution in [3.8, 4) is 11.5 Å². The van der Waals surface area contributed by atoms with Crippen molar-refractivity contribution in [3.63, 3.8) is 0 Å². The van der Waals surface area contributed by atoms with Gasteiger partial charge in [-0.15, -0.1) is 0 Å². The number of methoxy groups -OCH3 is 1. The SMILES string of the molecule is COC(=O)CC1COc2cc(OC3CCc4c3ccc(C(F)(F)F)c4Cc3ccc(F)cc3)ccc21. The summed E-state index contributed by atoms with van der Waals surface area (Å²) in [6.07, 6.45) is -3.64. The van der Waals surface area contributed by atoms with Crippen molar-refractivity contribution in [2.75, 3.05) is 13.7 Å². The van der Waals surface area contributed by atoms with E-state index in [1.54, 1.807) is 12.1 Å². The Morgan fingerprint density at radius 1 is 1.06 bits per heavy atom. The van der Waals surface area contributed by atoms with E-state index < -0.39 is 23.7 Å². The van der Waals surface area contributed by atoms with Gasteiger partial charge in [0.25, 0.3) is 0 Å². The zero-order valence-corrected chi connectivity index (χ0v) is 19.5. The van der Waals surface area contributed by atoms with E-state index in [2.05, 4.69) is 0 Å². The van der Waals surface area contributed by atoms with E-state index in [0.29, 0.717) is 42.1 Å². The zero-order valence-electron chi connectivity index (χ0n) is 19.5. The van der Waals surface area contributed by atoms with Crippen LogP contribution in [0.5, 0.6) is 11.5 Å². The van der Waals surface area contributed by atoms with Crippen LogP contribution in [-0.2, 0) is 28.5 Å². The van der Waals surface area contributed by atoms with E-state index in [1.807, 2.05) is 6.07 Å². The Hall–Kier alpha value is -3.55. The van der Waals surface area contributed by atoms with E-state index in [1.165, 1.54) is 37.4 Å². The van der Waals surface area contributed by atoms with Gasteiger partial charge < -0.3 is 14.2 Å². The van der Waals surface area contributed by atoms with E-state index in [4.69, 9.17) is 14.2 Å². The number of hydrogen-bond donors (Lipinski definition) is 0. The lowest BCUT2D eigenvalue weighted by Gasteiger charge is -2.20. The summed E-state index contributed by atoms with van der Waals surface area (Å²) in [7, 11) is 1.35. The molecule has 36 heavy (non-hydrogen) atoms. The van der Waals surface area contributed by atoms with Crippen molar-refractivity contribution in [2.45, 2.75) is 43.9 Å². The molecule has 0 radical (unpaired) electrons. The highest BCUT2D eigenvalue weighted by molar-refractivity contribution is 5.71. The highest BCUT2D eigenvalue weighted by atomic mass is 19.4. The van der Waals surface area contributed by atoms with Gasteiger partial charge in [0.1, 0.15) is 23.4 Å². The van der Waals surface area contributed by atoms with Gasteiger partial charge in [0.2, 0.25) is 0 Å². The molecule has 1 heterocycles. The van der Waals surface area contributed by atoms with Crippen LogP contribution in [0.2, 0.25) is 0 Å². The molecule has 4 nitrogen and oxygen atoms in total. The number of alkyl halides is 3. The topological polar surface area (TPSA) is 44.8 Å². The molecule has 0 saturated heterocycles. The summed E-state index contributed by atoms with van der Waals surface area (Å²) >= 11 is 0. The predicted molar refractivity (Wildman–Crippen MR) is 124 cm³/mol. The minimum atomic E-state index is -4.50. The van der Waals surface area contributed by atoms with Crippen LogP contribution >= 0.6 is 0 Å². The Morgan fingerprint density at radius 3 is 2.53 bits per heavy atom. The van der Waals surface area contributed by atoms with Gasteiger partial charge in [0, 0.05) is 17.5 Å². The van der Waals surface area contributed by atoms with Gasteiger partial charge in [-0.2, -0.15) is 13.2 Å². The van der Waals surface area contributed by atoms with Crippen molar-refractivity contribution in [3.05, 3.63) is 93.8 Å². The molecule has 2 unspecified atom stereocenters. The number of carbonyl (C=O) groups is 1. The summed E-state index contributed by atoms with van der Waals surface area (Å²) in [5.74, 6) is 0.336. The smallest absolute Gasteiger partial charge is 0.416 e. The van der Waals surface area contributed by atoms with E-state index in [9.17, 15) is 22.4 Å². The first-order valence-corrected chi connectivity index (χ1v) is 11.7. The number of benzene rings is 3. The molecule has 8 heteroatoms. The van der Waals surface area contributed by atoms with Crippen molar-refractivity contribution >= 4 is 5.97 Å². The molecule has 0 aromatic heterocycles. The van der Waals surface area contributed by atoms with Gasteiger partial charge in [-0.3, -0.25) is 4.79 Å². The molecule has 3 aromatic rings. The zero-order chi connectivity index (χ0) is 25.4. The second-order valence-corrected chi connectivity index (χ2v) is 9.09. The Balaban J connectivity index is 1.41. The number of esters is 1. The molecule has 1 aliphatic carbocycles. The number of ether oxygens (including phenoxy) is 3. The number of halogens is 4. The van der Waals surface area contributed by atoms with Gasteiger partial charge in [0.15, 0.2) is 0 Å². The number of hydrogen-bond acceptors (Lipinski definition) is 4. The number of carbonyl (C=O) groups excluding carboxylic acids is 1. The first-order chi connectivity index (χ1) is 17.2. The molecule has 0 amide bonds. The van der Waals surface area contributed by atoms with Crippen LogP contribution in [0.15, 0.2) is 54.6 Å². The Bertz CT molecular complexity index is 1280. The van der Waals surface area contributed by atoms with Crippen LogP contribution < -0.4 is 9.47 Å². The fourth-order valence-corrected chi connectivity index (χ4v) is 5.08. The quantitative estimate of drug-likeness (QED) is 0.285. The minimum absolute atomic E-state index is 0.0548. The molecular formula is C28H24F4O4. The van der Waals surface area contributed by atoms with Crippen molar-refractivity contribution in [2.24, 2.45) is 0 Å². The van der Waals surface area contributed by atoms with Gasteiger partial charge >= 0.3 is 12.1 Å². The number of fused-ring (bicyclic) bond motifs is 2. The number of rotatable bonds is 6. The minimum Gasteiger partial charge on any atom is -0.492 e. The van der Waals surface area contributed by atoms with E-state index in [0.717, 1.165) is 17.2 Å². The molecule has 0 bridgehead atoms. The molecule has 0 saturated carbocycles. The van der Waals surface area contributed by atoms with Crippen LogP contribution in [0.25, 0.3) is 0 Å². The maximum Gasteiger partial charge on any atom is 0.416 e. The Morgan fingerprint density at radius 2 is 1.81 bits per heavy atom. The van der Waals surface area contributed by atoms with Crippen LogP contribution in [0, 0.1) is 5.82 Å². The maximum atomic E-state index is 13.9. The largest absolute Gasteiger partial charge is 0.492 e. The lowest BCUT2D eigenvalue weighted by molar-refractivity contribution is -0.141. The van der Waals surface area contributed by atoms with E-state index in [-0.39, 0.29) is 30.3 Å². The Labute approximate surface area is 205 Å². The van der Waals surface area contributed by atoms with Gasteiger partial charge in [-0.25, -0.2) is 4.39 Å². The average Bonchev–Trinajstić information content (AvgIpc) is 3.44. The summed E-state index contributed by atoms with van der Waals surface area (Å²) in [5.41, 5.74) is 2.40. The summed E-state index contributed by atoms with van der Waals surface area (Å²) in [5, 5.41) is 0. The highest BCUT2D eigenvalue weighted by Crippen LogP contribution is 2.44. The third-order valence-electron chi connectivity index (χ3n) is 6.85. The van der Waals surface area contributed by atoms with Gasteiger partial charge in [-0.05, 0) is 65.8 Å². The fraction of sp³-hybridized carbons (Fsp3) is 0.321. The summed E-state index contributed by atoms with van der Waals surface area (Å²) in [6, 6.07) is 13.5. The molecule has 0 fully saturated rings. The third-order valence-corrected chi connectivity index (χ3v) is 6.85. The monoisotopic (exact) mass is 500 g/mol. The van der Waals surface area contributed by atoms with Crippen molar-refractivity contribution < 1.29 is 36.6 Å². The third kappa shape index (κ3) is 4.76. The molecule has 2 atom stereocenters. The Kier molecular flexibility index (Phi) is 6.36.